The molecule has 0 aliphatic carbocycles. The molecule has 0 saturated carbocycles. The van der Waals surface area contributed by atoms with Crippen LogP contribution < -0.4 is 0 Å². The van der Waals surface area contributed by atoms with Crippen LogP contribution in [0.2, 0.25) is 0 Å². The Hall–Kier alpha value is -1.29. The molecule has 0 spiro atoms. The summed E-state index contributed by atoms with van der Waals surface area (Å²) in [5.74, 6) is 0. The number of nitriles is 1. The molecule has 70 valence electrons. The lowest BCUT2D eigenvalue weighted by atomic mass is 10.2. The lowest BCUT2D eigenvalue weighted by Gasteiger charge is -1.83. The number of hydrogen-bond donors (Lipinski definition) is 0. The fourth-order valence-electron chi connectivity index (χ4n) is 0.851. The molecule has 0 amide bonds. The number of unbranched alkanes of at least 4 members (excludes halogenated alkanes) is 1. The molecule has 0 aliphatic heterocycles. The van der Waals surface area contributed by atoms with Gasteiger partial charge in [0, 0.05) is 6.08 Å². The second kappa shape index (κ2) is 10.7. The Labute approximate surface area is 81.1 Å². The minimum Gasteiger partial charge on any atom is -0.193 e. The lowest BCUT2D eigenvalue weighted by Crippen LogP contribution is -1.63. The molecule has 0 bridgehead atoms. The maximum atomic E-state index is 8.19. The molecule has 0 fully saturated rings. The summed E-state index contributed by atoms with van der Waals surface area (Å²) in [4.78, 5) is 0. The van der Waals surface area contributed by atoms with Crippen molar-refractivity contribution in [3.8, 4) is 6.07 Å². The van der Waals surface area contributed by atoms with Gasteiger partial charge in [-0.2, -0.15) is 5.26 Å². The molecule has 0 aromatic rings. The number of allylic oxidation sites excluding steroid dienone is 6. The van der Waals surface area contributed by atoms with Gasteiger partial charge in [-0.15, -0.1) is 0 Å². The van der Waals surface area contributed by atoms with Crippen molar-refractivity contribution in [3.05, 3.63) is 36.5 Å². The third kappa shape index (κ3) is 10.7. The van der Waals surface area contributed by atoms with Gasteiger partial charge >= 0.3 is 0 Å². The van der Waals surface area contributed by atoms with E-state index in [-0.39, 0.29) is 0 Å². The predicted molar refractivity (Wildman–Crippen MR) is 57.2 cm³/mol. The van der Waals surface area contributed by atoms with Gasteiger partial charge in [-0.3, -0.25) is 0 Å². The van der Waals surface area contributed by atoms with Crippen LogP contribution in [0.15, 0.2) is 36.5 Å². The molecule has 0 N–H and O–H groups in total. The first-order valence-corrected chi connectivity index (χ1v) is 4.76. The van der Waals surface area contributed by atoms with E-state index in [1.165, 1.54) is 18.9 Å². The summed E-state index contributed by atoms with van der Waals surface area (Å²) in [6.07, 6.45) is 16.2. The van der Waals surface area contributed by atoms with Crippen LogP contribution in [0.5, 0.6) is 0 Å². The van der Waals surface area contributed by atoms with Crippen LogP contribution >= 0.6 is 0 Å². The third-order valence-corrected chi connectivity index (χ3v) is 1.53. The van der Waals surface area contributed by atoms with Crippen molar-refractivity contribution in [1.82, 2.24) is 0 Å². The average Bonchev–Trinajstić information content (AvgIpc) is 2.16. The number of nitrogens with zero attached hydrogens (tertiary/aromatic N) is 1. The zero-order valence-electron chi connectivity index (χ0n) is 8.24. The molecule has 0 heterocycles. The van der Waals surface area contributed by atoms with E-state index in [0.717, 1.165) is 12.8 Å². The van der Waals surface area contributed by atoms with Crippen LogP contribution in [0.1, 0.15) is 32.6 Å². The second-order valence-corrected chi connectivity index (χ2v) is 2.73. The molecule has 13 heavy (non-hydrogen) atoms. The zero-order chi connectivity index (χ0) is 9.78. The first-order valence-electron chi connectivity index (χ1n) is 4.76. The van der Waals surface area contributed by atoms with Crippen LogP contribution in [0.4, 0.5) is 0 Å². The third-order valence-electron chi connectivity index (χ3n) is 1.53. The Morgan fingerprint density at radius 2 is 1.62 bits per heavy atom. The highest BCUT2D eigenvalue weighted by Gasteiger charge is 1.73. The van der Waals surface area contributed by atoms with Gasteiger partial charge in [0.2, 0.25) is 0 Å². The Morgan fingerprint density at radius 3 is 2.23 bits per heavy atom. The maximum Gasteiger partial charge on any atom is 0.0908 e. The van der Waals surface area contributed by atoms with Crippen molar-refractivity contribution in [3.63, 3.8) is 0 Å². The Bertz CT molecular complexity index is 216. The first kappa shape index (κ1) is 11.7. The van der Waals surface area contributed by atoms with Crippen LogP contribution in [0.25, 0.3) is 0 Å². The standard InChI is InChI=1S/C12H17N/c1-2-3-4-5-6-7-8-9-10-11-12-13/h4-5,7-8,10-11H,2-3,6,9H2,1H3/b5-4+,8-7+,11-10+. The maximum absolute atomic E-state index is 8.19. The molecule has 0 rings (SSSR count). The predicted octanol–water partition coefficient (Wildman–Crippen LogP) is 3.76. The molecule has 0 radical (unpaired) electrons. The normalized spacial score (nSPS) is 11.7. The molecule has 0 aromatic carbocycles. The minimum absolute atomic E-state index is 0.856. The van der Waals surface area contributed by atoms with E-state index in [0.29, 0.717) is 0 Å². The molecule has 0 aliphatic rings. The quantitative estimate of drug-likeness (QED) is 0.445. The van der Waals surface area contributed by atoms with Crippen molar-refractivity contribution in [2.75, 3.05) is 0 Å². The van der Waals surface area contributed by atoms with Gasteiger partial charge in [0.1, 0.15) is 0 Å². The summed E-state index contributed by atoms with van der Waals surface area (Å²) >= 11 is 0. The van der Waals surface area contributed by atoms with E-state index in [4.69, 9.17) is 5.26 Å². The smallest absolute Gasteiger partial charge is 0.0908 e. The van der Waals surface area contributed by atoms with Gasteiger partial charge in [-0.1, -0.05) is 43.7 Å². The first-order chi connectivity index (χ1) is 6.41. The van der Waals surface area contributed by atoms with Crippen molar-refractivity contribution in [1.29, 1.82) is 5.26 Å². The summed E-state index contributed by atoms with van der Waals surface area (Å²) in [5.41, 5.74) is 0. The molecule has 1 nitrogen and oxygen atoms in total. The highest BCUT2D eigenvalue weighted by molar-refractivity contribution is 5.05. The fourth-order valence-corrected chi connectivity index (χ4v) is 0.851. The van der Waals surface area contributed by atoms with Crippen molar-refractivity contribution < 1.29 is 0 Å². The van der Waals surface area contributed by atoms with Crippen LogP contribution in [-0.2, 0) is 0 Å². The van der Waals surface area contributed by atoms with Crippen molar-refractivity contribution in [2.45, 2.75) is 32.6 Å². The Balaban J connectivity index is 3.32. The summed E-state index contributed by atoms with van der Waals surface area (Å²) < 4.78 is 0. The van der Waals surface area contributed by atoms with Gasteiger partial charge in [0.05, 0.1) is 6.07 Å². The second-order valence-electron chi connectivity index (χ2n) is 2.73. The molecule has 0 aromatic heterocycles. The topological polar surface area (TPSA) is 23.8 Å². The summed E-state index contributed by atoms with van der Waals surface area (Å²) in [7, 11) is 0. The fraction of sp³-hybridized carbons (Fsp3) is 0.417. The molecule has 0 atom stereocenters. The van der Waals surface area contributed by atoms with E-state index in [1.54, 1.807) is 0 Å². The molecular formula is C12H17N. The summed E-state index contributed by atoms with van der Waals surface area (Å²) in [5, 5.41) is 8.19. The molecular weight excluding hydrogens is 158 g/mol. The van der Waals surface area contributed by atoms with Crippen molar-refractivity contribution >= 4 is 0 Å². The van der Waals surface area contributed by atoms with E-state index < -0.39 is 0 Å². The van der Waals surface area contributed by atoms with Crippen LogP contribution in [-0.4, -0.2) is 0 Å². The van der Waals surface area contributed by atoms with Crippen LogP contribution in [0.3, 0.4) is 0 Å². The zero-order valence-corrected chi connectivity index (χ0v) is 8.24. The minimum atomic E-state index is 0.856. The summed E-state index contributed by atoms with van der Waals surface area (Å²) in [6.45, 7) is 2.17. The van der Waals surface area contributed by atoms with Gasteiger partial charge in [0.15, 0.2) is 0 Å². The van der Waals surface area contributed by atoms with Gasteiger partial charge in [-0.05, 0) is 19.3 Å². The lowest BCUT2D eigenvalue weighted by molar-refractivity contribution is 0.954. The number of hydrogen-bond acceptors (Lipinski definition) is 1. The molecule has 1 heteroatoms. The Morgan fingerprint density at radius 1 is 1.00 bits per heavy atom. The summed E-state index contributed by atoms with van der Waals surface area (Å²) in [6, 6.07) is 1.96. The Kier molecular flexibility index (Phi) is 9.65. The van der Waals surface area contributed by atoms with E-state index >= 15 is 0 Å². The van der Waals surface area contributed by atoms with Gasteiger partial charge in [-0.25, -0.2) is 0 Å². The highest BCUT2D eigenvalue weighted by Crippen LogP contribution is 1.93. The van der Waals surface area contributed by atoms with E-state index in [2.05, 4.69) is 31.2 Å². The van der Waals surface area contributed by atoms with E-state index in [9.17, 15) is 0 Å². The van der Waals surface area contributed by atoms with Gasteiger partial charge < -0.3 is 0 Å². The van der Waals surface area contributed by atoms with Crippen molar-refractivity contribution in [2.24, 2.45) is 0 Å². The SMILES string of the molecule is CCC/C=C/C/C=C/C/C=C/C#N. The van der Waals surface area contributed by atoms with E-state index in [1.807, 2.05) is 12.1 Å². The highest BCUT2D eigenvalue weighted by atomic mass is 14.2. The average molecular weight is 175 g/mol. The molecule has 0 unspecified atom stereocenters. The van der Waals surface area contributed by atoms with Gasteiger partial charge in [0.25, 0.3) is 0 Å². The molecule has 0 saturated heterocycles. The monoisotopic (exact) mass is 175 g/mol. The van der Waals surface area contributed by atoms with Crippen LogP contribution in [0, 0.1) is 11.3 Å². The largest absolute Gasteiger partial charge is 0.193 e. The number of rotatable bonds is 6.